The summed E-state index contributed by atoms with van der Waals surface area (Å²) in [5, 5.41) is 11.1. The molecular formula is C27H30N4O4. The number of carbonyl (C=O) groups excluding carboxylic acids is 2. The van der Waals surface area contributed by atoms with Gasteiger partial charge in [0.1, 0.15) is 11.5 Å². The first kappa shape index (κ1) is 24.2. The van der Waals surface area contributed by atoms with Crippen molar-refractivity contribution in [3.63, 3.8) is 0 Å². The molecule has 4 rings (SSSR count). The lowest BCUT2D eigenvalue weighted by Gasteiger charge is -2.25. The predicted octanol–water partition coefficient (Wildman–Crippen LogP) is 4.36. The molecule has 35 heavy (non-hydrogen) atoms. The van der Waals surface area contributed by atoms with E-state index in [0.717, 1.165) is 24.8 Å². The minimum Gasteiger partial charge on any atom is -0.507 e. The maximum atomic E-state index is 13.2. The number of Topliss-reactive ketones (excluding diaryl/α,β-unsaturated/α-hetero) is 1. The molecule has 8 heteroatoms. The Hall–Kier alpha value is -3.94. The molecule has 0 aliphatic carbocycles. The van der Waals surface area contributed by atoms with E-state index in [2.05, 4.69) is 16.9 Å². The molecular weight excluding hydrogens is 444 g/mol. The van der Waals surface area contributed by atoms with Crippen LogP contribution in [0.15, 0.2) is 73.1 Å². The van der Waals surface area contributed by atoms with Gasteiger partial charge >= 0.3 is 0 Å². The second kappa shape index (κ2) is 11.5. The molecule has 3 heterocycles. The standard InChI is InChI=1S/C27H30N4O4/c1-2-3-4-17-35-22-8-5-7-21(18-22)24-23(25(32)20-9-11-28-12-10-20)26(33)27(34)31(24)15-6-14-30-16-13-29-19-30/h5,7-13,16,18-19,24,32H,2-4,6,14-15,17H2,1H3. The molecule has 1 amide bonds. The van der Waals surface area contributed by atoms with E-state index in [0.29, 0.717) is 37.4 Å². The summed E-state index contributed by atoms with van der Waals surface area (Å²) < 4.78 is 7.85. The Morgan fingerprint density at radius 1 is 1.03 bits per heavy atom. The highest BCUT2D eigenvalue weighted by Gasteiger charge is 2.45. The van der Waals surface area contributed by atoms with Gasteiger partial charge in [-0.3, -0.25) is 14.6 Å². The van der Waals surface area contributed by atoms with Crippen molar-refractivity contribution in [1.82, 2.24) is 19.4 Å². The van der Waals surface area contributed by atoms with Crippen molar-refractivity contribution in [3.05, 3.63) is 84.2 Å². The fourth-order valence-electron chi connectivity index (χ4n) is 4.28. The summed E-state index contributed by atoms with van der Waals surface area (Å²) in [6.07, 6.45) is 12.1. The summed E-state index contributed by atoms with van der Waals surface area (Å²) in [5.41, 5.74) is 1.23. The number of hydrogen-bond donors (Lipinski definition) is 1. The molecule has 1 atom stereocenters. The zero-order valence-corrected chi connectivity index (χ0v) is 19.8. The summed E-state index contributed by atoms with van der Waals surface area (Å²) >= 11 is 0. The van der Waals surface area contributed by atoms with E-state index >= 15 is 0 Å². The highest BCUT2D eigenvalue weighted by molar-refractivity contribution is 6.46. The van der Waals surface area contributed by atoms with Gasteiger partial charge in [-0.1, -0.05) is 31.9 Å². The van der Waals surface area contributed by atoms with E-state index in [1.54, 1.807) is 29.6 Å². The third kappa shape index (κ3) is 5.59. The molecule has 0 bridgehead atoms. The normalized spacial score (nSPS) is 17.2. The van der Waals surface area contributed by atoms with Crippen LogP contribution < -0.4 is 4.74 Å². The number of aromatic nitrogens is 3. The SMILES string of the molecule is CCCCCOc1cccc(C2C(=C(O)c3ccncc3)C(=O)C(=O)N2CCCn2ccnc2)c1. The Bertz CT molecular complexity index is 1170. The molecule has 0 saturated carbocycles. The molecule has 1 aliphatic rings. The number of likely N-dealkylation sites (tertiary alicyclic amines) is 1. The third-order valence-electron chi connectivity index (χ3n) is 6.06. The third-order valence-corrected chi connectivity index (χ3v) is 6.06. The molecule has 1 aliphatic heterocycles. The van der Waals surface area contributed by atoms with Crippen molar-refractivity contribution in [2.45, 2.75) is 45.2 Å². The van der Waals surface area contributed by atoms with Gasteiger partial charge in [-0.25, -0.2) is 4.98 Å². The van der Waals surface area contributed by atoms with Crippen LogP contribution in [0.4, 0.5) is 0 Å². The summed E-state index contributed by atoms with van der Waals surface area (Å²) in [4.78, 5) is 35.9. The molecule has 1 unspecified atom stereocenters. The van der Waals surface area contributed by atoms with Gasteiger partial charge in [0.25, 0.3) is 11.7 Å². The molecule has 182 valence electrons. The number of ketones is 1. The van der Waals surface area contributed by atoms with E-state index in [9.17, 15) is 14.7 Å². The maximum Gasteiger partial charge on any atom is 0.295 e. The molecule has 1 aromatic carbocycles. The van der Waals surface area contributed by atoms with Crippen LogP contribution in [0.3, 0.4) is 0 Å². The van der Waals surface area contributed by atoms with Gasteiger partial charge in [0.2, 0.25) is 0 Å². The second-order valence-electron chi connectivity index (χ2n) is 8.51. The van der Waals surface area contributed by atoms with Crippen molar-refractivity contribution in [1.29, 1.82) is 0 Å². The molecule has 2 aromatic heterocycles. The monoisotopic (exact) mass is 474 g/mol. The zero-order valence-electron chi connectivity index (χ0n) is 19.8. The van der Waals surface area contributed by atoms with Gasteiger partial charge in [0, 0.05) is 43.4 Å². The van der Waals surface area contributed by atoms with Crippen molar-refractivity contribution in [2.24, 2.45) is 0 Å². The molecule has 8 nitrogen and oxygen atoms in total. The van der Waals surface area contributed by atoms with Crippen LogP contribution in [-0.4, -0.2) is 49.4 Å². The molecule has 1 N–H and O–H groups in total. The van der Waals surface area contributed by atoms with Gasteiger partial charge < -0.3 is 19.3 Å². The van der Waals surface area contributed by atoms with E-state index in [1.807, 2.05) is 35.0 Å². The summed E-state index contributed by atoms with van der Waals surface area (Å²) in [5.74, 6) is -0.847. The Balaban J connectivity index is 1.67. The summed E-state index contributed by atoms with van der Waals surface area (Å²) in [6.45, 7) is 3.74. The second-order valence-corrected chi connectivity index (χ2v) is 8.51. The van der Waals surface area contributed by atoms with E-state index in [4.69, 9.17) is 4.74 Å². The first-order chi connectivity index (χ1) is 17.1. The highest BCUT2D eigenvalue weighted by Crippen LogP contribution is 2.40. The zero-order chi connectivity index (χ0) is 24.6. The number of nitrogens with zero attached hydrogens (tertiary/aromatic N) is 4. The molecule has 0 radical (unpaired) electrons. The minimum atomic E-state index is -0.717. The number of hydrogen-bond acceptors (Lipinski definition) is 6. The molecule has 3 aromatic rings. The van der Waals surface area contributed by atoms with Gasteiger partial charge in [0.05, 0.1) is 24.5 Å². The summed E-state index contributed by atoms with van der Waals surface area (Å²) in [7, 11) is 0. The minimum absolute atomic E-state index is 0.0759. The van der Waals surface area contributed by atoms with Crippen LogP contribution in [-0.2, 0) is 16.1 Å². The smallest absolute Gasteiger partial charge is 0.295 e. The first-order valence-electron chi connectivity index (χ1n) is 12.0. The van der Waals surface area contributed by atoms with Crippen molar-refractivity contribution in [3.8, 4) is 5.75 Å². The van der Waals surface area contributed by atoms with Gasteiger partial charge in [0.15, 0.2) is 0 Å². The van der Waals surface area contributed by atoms with E-state index in [-0.39, 0.29) is 11.3 Å². The van der Waals surface area contributed by atoms with Crippen LogP contribution >= 0.6 is 0 Å². The van der Waals surface area contributed by atoms with Gasteiger partial charge in [-0.2, -0.15) is 0 Å². The average molecular weight is 475 g/mol. The molecule has 0 spiro atoms. The number of carbonyl (C=O) groups is 2. The lowest BCUT2D eigenvalue weighted by Crippen LogP contribution is -2.31. The predicted molar refractivity (Wildman–Crippen MR) is 132 cm³/mol. The topological polar surface area (TPSA) is 97.5 Å². The van der Waals surface area contributed by atoms with Crippen molar-refractivity contribution in [2.75, 3.05) is 13.2 Å². The number of imidazole rings is 1. The van der Waals surface area contributed by atoms with Crippen LogP contribution in [0.2, 0.25) is 0 Å². The van der Waals surface area contributed by atoms with Gasteiger partial charge in [-0.05, 0) is 42.7 Å². The number of aryl methyl sites for hydroxylation is 1. The fourth-order valence-corrected chi connectivity index (χ4v) is 4.28. The summed E-state index contributed by atoms with van der Waals surface area (Å²) in [6, 6.07) is 9.94. The van der Waals surface area contributed by atoms with Crippen LogP contribution in [0, 0.1) is 0 Å². The largest absolute Gasteiger partial charge is 0.507 e. The van der Waals surface area contributed by atoms with Crippen molar-refractivity contribution < 1.29 is 19.4 Å². The lowest BCUT2D eigenvalue weighted by atomic mass is 9.95. The Kier molecular flexibility index (Phi) is 7.92. The number of aliphatic hydroxyl groups is 1. The van der Waals surface area contributed by atoms with Crippen LogP contribution in [0.1, 0.15) is 49.8 Å². The number of pyridine rings is 1. The molecule has 1 fully saturated rings. The van der Waals surface area contributed by atoms with Gasteiger partial charge in [-0.15, -0.1) is 0 Å². The number of aliphatic hydroxyl groups excluding tert-OH is 1. The highest BCUT2D eigenvalue weighted by atomic mass is 16.5. The average Bonchev–Trinajstić information content (AvgIpc) is 3.49. The Labute approximate surface area is 204 Å². The number of amides is 1. The van der Waals surface area contributed by atoms with E-state index in [1.165, 1.54) is 12.4 Å². The van der Waals surface area contributed by atoms with Crippen molar-refractivity contribution >= 4 is 17.4 Å². The Morgan fingerprint density at radius 3 is 2.60 bits per heavy atom. The van der Waals surface area contributed by atoms with E-state index < -0.39 is 17.7 Å². The number of unbranched alkanes of at least 4 members (excludes halogenated alkanes) is 2. The quantitative estimate of drug-likeness (QED) is 0.192. The molecule has 1 saturated heterocycles. The number of rotatable bonds is 11. The number of ether oxygens (including phenoxy) is 1. The van der Waals surface area contributed by atoms with Crippen LogP contribution in [0.25, 0.3) is 5.76 Å². The maximum absolute atomic E-state index is 13.2. The number of benzene rings is 1. The Morgan fingerprint density at radius 2 is 1.86 bits per heavy atom. The van der Waals surface area contributed by atoms with Crippen LogP contribution in [0.5, 0.6) is 5.75 Å². The lowest BCUT2D eigenvalue weighted by molar-refractivity contribution is -0.139. The fraction of sp³-hybridized carbons (Fsp3) is 0.333. The first-order valence-corrected chi connectivity index (χ1v) is 12.0.